The molecule has 1 fully saturated rings. The predicted octanol–water partition coefficient (Wildman–Crippen LogP) is 4.40. The number of methoxy groups -OCH3 is 1. The van der Waals surface area contributed by atoms with E-state index < -0.39 is 0 Å². The van der Waals surface area contributed by atoms with Crippen LogP contribution in [0.5, 0.6) is 5.75 Å². The Kier molecular flexibility index (Phi) is 7.45. The van der Waals surface area contributed by atoms with Gasteiger partial charge in [-0.1, -0.05) is 17.4 Å². The van der Waals surface area contributed by atoms with Crippen molar-refractivity contribution in [1.82, 2.24) is 9.88 Å². The minimum Gasteiger partial charge on any atom is -0.497 e. The van der Waals surface area contributed by atoms with Crippen LogP contribution in [0.4, 0.5) is 5.13 Å². The highest BCUT2D eigenvalue weighted by Crippen LogP contribution is 2.32. The number of fused-ring (bicyclic) bond motifs is 1. The number of morpholine rings is 1. The van der Waals surface area contributed by atoms with E-state index in [1.165, 1.54) is 11.3 Å². The first kappa shape index (κ1) is 22.1. The summed E-state index contributed by atoms with van der Waals surface area (Å²) < 4.78 is 11.8. The smallest absolute Gasteiger partial charge is 0.260 e. The molecular weight excluding hydrogens is 430 g/mol. The number of benzene rings is 2. The first-order chi connectivity index (χ1) is 15.2. The Bertz CT molecular complexity index is 1030. The Morgan fingerprint density at radius 3 is 2.87 bits per heavy atom. The maximum Gasteiger partial charge on any atom is 0.260 e. The van der Waals surface area contributed by atoms with Crippen LogP contribution in [0, 0.1) is 0 Å². The Balaban J connectivity index is 1.58. The molecule has 1 aliphatic rings. The van der Waals surface area contributed by atoms with Crippen molar-refractivity contribution in [3.63, 3.8) is 0 Å². The molecule has 0 radical (unpaired) electrons. The molecule has 0 saturated carbocycles. The molecule has 0 spiro atoms. The van der Waals surface area contributed by atoms with Crippen molar-refractivity contribution in [1.29, 1.82) is 0 Å². The molecule has 0 unspecified atom stereocenters. The minimum absolute atomic E-state index is 0.0103. The lowest BCUT2D eigenvalue weighted by Crippen LogP contribution is -2.39. The van der Waals surface area contributed by atoms with Gasteiger partial charge in [-0.3, -0.25) is 14.6 Å². The fourth-order valence-corrected chi connectivity index (χ4v) is 5.09. The summed E-state index contributed by atoms with van der Waals surface area (Å²) in [4.78, 5) is 23.6. The minimum atomic E-state index is -0.0103. The van der Waals surface area contributed by atoms with E-state index in [0.29, 0.717) is 12.1 Å². The van der Waals surface area contributed by atoms with Gasteiger partial charge in [0.15, 0.2) is 5.13 Å². The number of nitrogens with zero attached hydrogens (tertiary/aromatic N) is 3. The van der Waals surface area contributed by atoms with E-state index >= 15 is 0 Å². The maximum absolute atomic E-state index is 13.5. The summed E-state index contributed by atoms with van der Waals surface area (Å²) in [6.45, 7) is 5.02. The molecule has 31 heavy (non-hydrogen) atoms. The summed E-state index contributed by atoms with van der Waals surface area (Å²) >= 11 is 3.17. The normalized spacial score (nSPS) is 14.6. The van der Waals surface area contributed by atoms with Gasteiger partial charge in [0.1, 0.15) is 5.75 Å². The molecule has 0 N–H and O–H groups in total. The highest BCUT2D eigenvalue weighted by Gasteiger charge is 2.22. The van der Waals surface area contributed by atoms with Gasteiger partial charge in [0.05, 0.1) is 30.5 Å². The van der Waals surface area contributed by atoms with E-state index in [2.05, 4.69) is 4.90 Å². The fraction of sp³-hybridized carbons (Fsp3) is 0.391. The van der Waals surface area contributed by atoms with Crippen LogP contribution >= 0.6 is 23.1 Å². The number of amides is 1. The van der Waals surface area contributed by atoms with Crippen molar-refractivity contribution in [2.45, 2.75) is 11.3 Å². The lowest BCUT2D eigenvalue weighted by molar-refractivity contribution is 0.0376. The second kappa shape index (κ2) is 10.5. The fourth-order valence-electron chi connectivity index (χ4n) is 3.61. The molecule has 0 bridgehead atoms. The summed E-state index contributed by atoms with van der Waals surface area (Å²) in [5, 5.41) is 0.727. The van der Waals surface area contributed by atoms with E-state index in [-0.39, 0.29) is 5.91 Å². The van der Waals surface area contributed by atoms with Crippen LogP contribution < -0.4 is 9.64 Å². The van der Waals surface area contributed by atoms with Gasteiger partial charge in [0.25, 0.3) is 5.91 Å². The number of hydrogen-bond donors (Lipinski definition) is 0. The highest BCUT2D eigenvalue weighted by atomic mass is 32.2. The van der Waals surface area contributed by atoms with Gasteiger partial charge in [-0.2, -0.15) is 0 Å². The maximum atomic E-state index is 13.5. The largest absolute Gasteiger partial charge is 0.497 e. The zero-order valence-electron chi connectivity index (χ0n) is 17.9. The molecule has 1 amide bonds. The van der Waals surface area contributed by atoms with Crippen molar-refractivity contribution < 1.29 is 14.3 Å². The van der Waals surface area contributed by atoms with Crippen LogP contribution in [0.1, 0.15) is 16.8 Å². The number of thiazole rings is 1. The third-order valence-corrected chi connectivity index (χ3v) is 7.10. The Hall–Kier alpha value is -2.13. The lowest BCUT2D eigenvalue weighted by Gasteiger charge is -2.27. The number of anilines is 1. The number of hydrogen-bond acceptors (Lipinski definition) is 7. The van der Waals surface area contributed by atoms with Crippen LogP contribution in [0.3, 0.4) is 0 Å². The molecule has 8 heteroatoms. The van der Waals surface area contributed by atoms with E-state index in [4.69, 9.17) is 14.5 Å². The van der Waals surface area contributed by atoms with Crippen molar-refractivity contribution in [3.05, 3.63) is 48.0 Å². The van der Waals surface area contributed by atoms with E-state index in [1.54, 1.807) is 18.9 Å². The molecule has 3 aromatic rings. The molecule has 1 aromatic heterocycles. The molecule has 0 aliphatic carbocycles. The summed E-state index contributed by atoms with van der Waals surface area (Å²) in [5.41, 5.74) is 1.57. The van der Waals surface area contributed by atoms with Gasteiger partial charge >= 0.3 is 0 Å². The van der Waals surface area contributed by atoms with Crippen LogP contribution in [0.25, 0.3) is 10.2 Å². The molecular formula is C23H27N3O3S2. The Morgan fingerprint density at radius 1 is 1.26 bits per heavy atom. The molecule has 1 aliphatic heterocycles. The number of ether oxygens (including phenoxy) is 2. The average molecular weight is 458 g/mol. The van der Waals surface area contributed by atoms with Gasteiger partial charge in [-0.05, 0) is 49.1 Å². The predicted molar refractivity (Wildman–Crippen MR) is 128 cm³/mol. The molecule has 0 atom stereocenters. The second-order valence-corrected chi connectivity index (χ2v) is 9.22. The van der Waals surface area contributed by atoms with Crippen molar-refractivity contribution >= 4 is 44.4 Å². The third kappa shape index (κ3) is 5.38. The molecule has 4 rings (SSSR count). The third-order valence-electron chi connectivity index (χ3n) is 5.34. The van der Waals surface area contributed by atoms with Gasteiger partial charge in [0, 0.05) is 36.6 Å². The van der Waals surface area contributed by atoms with Crippen LogP contribution in [0.15, 0.2) is 47.4 Å². The summed E-state index contributed by atoms with van der Waals surface area (Å²) in [6.07, 6.45) is 2.90. The van der Waals surface area contributed by atoms with Crippen LogP contribution in [-0.4, -0.2) is 68.5 Å². The summed E-state index contributed by atoms with van der Waals surface area (Å²) in [5.74, 6) is 0.782. The Labute approximate surface area is 191 Å². The van der Waals surface area contributed by atoms with E-state index in [9.17, 15) is 4.79 Å². The molecule has 2 heterocycles. The van der Waals surface area contributed by atoms with E-state index in [0.717, 1.165) is 65.3 Å². The second-order valence-electron chi connectivity index (χ2n) is 7.33. The van der Waals surface area contributed by atoms with Gasteiger partial charge < -0.3 is 9.47 Å². The average Bonchev–Trinajstić information content (AvgIpc) is 3.25. The Morgan fingerprint density at radius 2 is 2.10 bits per heavy atom. The van der Waals surface area contributed by atoms with E-state index in [1.807, 2.05) is 53.6 Å². The number of carbonyl (C=O) groups excluding carboxylic acids is 1. The lowest BCUT2D eigenvalue weighted by atomic mass is 10.2. The molecule has 2 aromatic carbocycles. The highest BCUT2D eigenvalue weighted by molar-refractivity contribution is 7.98. The number of thioether (sulfide) groups is 1. The van der Waals surface area contributed by atoms with Crippen molar-refractivity contribution in [2.24, 2.45) is 0 Å². The van der Waals surface area contributed by atoms with Crippen molar-refractivity contribution in [3.8, 4) is 5.75 Å². The standard InChI is InChI=1S/C23H27N3O3S2/c1-28-18-7-8-20-21(16-18)31-23(24-20)26(10-4-9-25-11-13-29-14-12-25)22(27)17-5-3-6-19(15-17)30-2/h3,5-8,15-16H,4,9-14H2,1-2H3. The molecule has 6 nitrogen and oxygen atoms in total. The summed E-state index contributed by atoms with van der Waals surface area (Å²) in [6, 6.07) is 13.6. The first-order valence-corrected chi connectivity index (χ1v) is 12.4. The van der Waals surface area contributed by atoms with Crippen molar-refractivity contribution in [2.75, 3.05) is 57.7 Å². The quantitative estimate of drug-likeness (QED) is 0.468. The first-order valence-electron chi connectivity index (χ1n) is 10.4. The number of aromatic nitrogens is 1. The number of rotatable bonds is 8. The van der Waals surface area contributed by atoms with Crippen LogP contribution in [0.2, 0.25) is 0 Å². The SMILES string of the molecule is COc1ccc2nc(N(CCCN3CCOCC3)C(=O)c3cccc(SC)c3)sc2c1. The number of carbonyl (C=O) groups is 1. The zero-order chi connectivity index (χ0) is 21.6. The molecule has 164 valence electrons. The molecule has 1 saturated heterocycles. The van der Waals surface area contributed by atoms with Gasteiger partial charge in [0.2, 0.25) is 0 Å². The van der Waals surface area contributed by atoms with Gasteiger partial charge in [-0.15, -0.1) is 11.8 Å². The van der Waals surface area contributed by atoms with Gasteiger partial charge in [-0.25, -0.2) is 4.98 Å². The summed E-state index contributed by atoms with van der Waals surface area (Å²) in [7, 11) is 1.66. The van der Waals surface area contributed by atoms with Crippen LogP contribution in [-0.2, 0) is 4.74 Å². The monoisotopic (exact) mass is 457 g/mol. The topological polar surface area (TPSA) is 54.9 Å². The zero-order valence-corrected chi connectivity index (χ0v) is 19.5.